The average molecular weight is 658 g/mol. The van der Waals surface area contributed by atoms with Crippen LogP contribution in [0.4, 0.5) is 22.9 Å². The van der Waals surface area contributed by atoms with E-state index in [1.54, 1.807) is 0 Å². The second kappa shape index (κ2) is 12.1. The fraction of sp³-hybridized carbons (Fsp3) is 0.227. The van der Waals surface area contributed by atoms with E-state index in [4.69, 9.17) is 14.7 Å². The van der Waals surface area contributed by atoms with Crippen LogP contribution < -0.4 is 14.5 Å². The molecule has 0 saturated carbocycles. The number of benzene rings is 4. The fourth-order valence-electron chi connectivity index (χ4n) is 7.35. The molecule has 4 heterocycles. The van der Waals surface area contributed by atoms with Crippen LogP contribution >= 0.6 is 0 Å². The standard InChI is InChI=1S/C44H43N5O/c1-28(2)31-22-29(3)42(30(4)23-31)48-27-47(43-39(48)16-11-20-46-43)33-12-10-13-34(25-33)50-35-17-18-37-36-14-8-9-15-38(36)49(40(37)26-35)41-24-32(19-21-45-41)44(5,6)7/h8-26,28H,27H2,1-7H3. The molecule has 0 N–H and O–H groups in total. The van der Waals surface area contributed by atoms with E-state index in [2.05, 4.69) is 154 Å². The summed E-state index contributed by atoms with van der Waals surface area (Å²) in [5, 5.41) is 2.35. The molecule has 0 radical (unpaired) electrons. The predicted octanol–water partition coefficient (Wildman–Crippen LogP) is 11.7. The number of hydrogen-bond acceptors (Lipinski definition) is 5. The van der Waals surface area contributed by atoms with Gasteiger partial charge >= 0.3 is 0 Å². The Kier molecular flexibility index (Phi) is 7.63. The maximum atomic E-state index is 6.63. The van der Waals surface area contributed by atoms with E-state index in [1.165, 1.54) is 33.3 Å². The van der Waals surface area contributed by atoms with E-state index in [0.29, 0.717) is 12.6 Å². The van der Waals surface area contributed by atoms with Gasteiger partial charge in [-0.25, -0.2) is 9.97 Å². The molecule has 0 fully saturated rings. The Morgan fingerprint density at radius 1 is 0.680 bits per heavy atom. The van der Waals surface area contributed by atoms with Crippen LogP contribution in [-0.4, -0.2) is 21.2 Å². The summed E-state index contributed by atoms with van der Waals surface area (Å²) in [6.45, 7) is 16.3. The van der Waals surface area contributed by atoms with E-state index >= 15 is 0 Å². The van der Waals surface area contributed by atoms with Crippen molar-refractivity contribution in [2.75, 3.05) is 16.5 Å². The maximum Gasteiger partial charge on any atom is 0.158 e. The van der Waals surface area contributed by atoms with Gasteiger partial charge in [0.2, 0.25) is 0 Å². The predicted molar refractivity (Wildman–Crippen MR) is 207 cm³/mol. The number of para-hydroxylation sites is 1. The molecule has 4 aromatic carbocycles. The molecule has 0 spiro atoms. The molecule has 0 atom stereocenters. The SMILES string of the molecule is Cc1cc(C(C)C)cc(C)c1N1CN(c2cccc(Oc3ccc4c5ccccc5n(-c5cc(C(C)(C)C)ccn5)c4c3)c2)c2ncccc21. The summed E-state index contributed by atoms with van der Waals surface area (Å²) in [7, 11) is 0. The molecule has 1 aliphatic rings. The number of aromatic nitrogens is 3. The summed E-state index contributed by atoms with van der Waals surface area (Å²) in [6.07, 6.45) is 3.79. The number of nitrogens with zero attached hydrogens (tertiary/aromatic N) is 5. The van der Waals surface area contributed by atoms with E-state index in [-0.39, 0.29) is 5.41 Å². The summed E-state index contributed by atoms with van der Waals surface area (Å²) >= 11 is 0. The van der Waals surface area contributed by atoms with E-state index in [1.807, 2.05) is 24.5 Å². The molecular formula is C44H43N5O. The van der Waals surface area contributed by atoms with Crippen molar-refractivity contribution < 1.29 is 4.74 Å². The highest BCUT2D eigenvalue weighted by molar-refractivity contribution is 6.09. The van der Waals surface area contributed by atoms with Crippen molar-refractivity contribution in [2.24, 2.45) is 0 Å². The highest BCUT2D eigenvalue weighted by atomic mass is 16.5. The van der Waals surface area contributed by atoms with Crippen LogP contribution in [0.15, 0.2) is 116 Å². The molecule has 0 aliphatic carbocycles. The lowest BCUT2D eigenvalue weighted by Crippen LogP contribution is -2.25. The zero-order valence-electron chi connectivity index (χ0n) is 29.9. The molecular weight excluding hydrogens is 615 g/mol. The quantitative estimate of drug-likeness (QED) is 0.178. The van der Waals surface area contributed by atoms with Gasteiger partial charge in [0.05, 0.1) is 16.7 Å². The van der Waals surface area contributed by atoms with Gasteiger partial charge in [-0.05, 0) is 102 Å². The molecule has 0 bridgehead atoms. The van der Waals surface area contributed by atoms with Gasteiger partial charge in [0.15, 0.2) is 5.82 Å². The van der Waals surface area contributed by atoms with Crippen LogP contribution in [0.1, 0.15) is 62.8 Å². The van der Waals surface area contributed by atoms with Gasteiger partial charge in [0.25, 0.3) is 0 Å². The summed E-state index contributed by atoms with van der Waals surface area (Å²) in [6, 6.07) is 36.3. The van der Waals surface area contributed by atoms with Crippen molar-refractivity contribution >= 4 is 44.7 Å². The first-order chi connectivity index (χ1) is 24.1. The molecule has 0 saturated heterocycles. The first-order valence-electron chi connectivity index (χ1n) is 17.5. The summed E-state index contributed by atoms with van der Waals surface area (Å²) in [4.78, 5) is 14.4. The van der Waals surface area contributed by atoms with E-state index in [0.717, 1.165) is 50.9 Å². The zero-order chi connectivity index (χ0) is 34.7. The van der Waals surface area contributed by atoms with Gasteiger partial charge in [0, 0.05) is 46.7 Å². The molecule has 0 amide bonds. The van der Waals surface area contributed by atoms with Crippen molar-refractivity contribution in [3.8, 4) is 17.3 Å². The maximum absolute atomic E-state index is 6.63. The van der Waals surface area contributed by atoms with E-state index in [9.17, 15) is 0 Å². The Morgan fingerprint density at radius 2 is 1.44 bits per heavy atom. The van der Waals surface area contributed by atoms with Gasteiger partial charge in [-0.3, -0.25) is 4.57 Å². The van der Waals surface area contributed by atoms with Gasteiger partial charge < -0.3 is 14.5 Å². The normalized spacial score (nSPS) is 13.1. The number of ether oxygens (including phenoxy) is 1. The largest absolute Gasteiger partial charge is 0.457 e. The van der Waals surface area contributed by atoms with Crippen molar-refractivity contribution in [1.29, 1.82) is 0 Å². The highest BCUT2D eigenvalue weighted by Crippen LogP contribution is 2.46. The number of anilines is 4. The second-order valence-corrected chi connectivity index (χ2v) is 14.8. The molecule has 8 rings (SSSR count). The number of aryl methyl sites for hydroxylation is 2. The average Bonchev–Trinajstić information content (AvgIpc) is 3.64. The van der Waals surface area contributed by atoms with Gasteiger partial charge in [-0.15, -0.1) is 0 Å². The fourth-order valence-corrected chi connectivity index (χ4v) is 7.35. The van der Waals surface area contributed by atoms with Crippen molar-refractivity contribution in [1.82, 2.24) is 14.5 Å². The zero-order valence-corrected chi connectivity index (χ0v) is 29.9. The molecule has 0 unspecified atom stereocenters. The van der Waals surface area contributed by atoms with Crippen LogP contribution in [0, 0.1) is 13.8 Å². The molecule has 6 nitrogen and oxygen atoms in total. The molecule has 6 heteroatoms. The topological polar surface area (TPSA) is 46.4 Å². The summed E-state index contributed by atoms with van der Waals surface area (Å²) in [5.74, 6) is 3.85. The minimum atomic E-state index is 0.00813. The first kappa shape index (κ1) is 31.6. The smallest absolute Gasteiger partial charge is 0.158 e. The molecule has 7 aromatic rings. The minimum Gasteiger partial charge on any atom is -0.457 e. The third-order valence-electron chi connectivity index (χ3n) is 9.90. The lowest BCUT2D eigenvalue weighted by molar-refractivity contribution is 0.483. The number of rotatable bonds is 6. The first-order valence-corrected chi connectivity index (χ1v) is 17.5. The number of fused-ring (bicyclic) bond motifs is 4. The van der Waals surface area contributed by atoms with Gasteiger partial charge in [-0.2, -0.15) is 0 Å². The van der Waals surface area contributed by atoms with Gasteiger partial charge in [-0.1, -0.05) is 71.0 Å². The summed E-state index contributed by atoms with van der Waals surface area (Å²) in [5.41, 5.74) is 10.7. The lowest BCUT2D eigenvalue weighted by Gasteiger charge is -2.26. The highest BCUT2D eigenvalue weighted by Gasteiger charge is 2.31. The summed E-state index contributed by atoms with van der Waals surface area (Å²) < 4.78 is 8.88. The van der Waals surface area contributed by atoms with Crippen LogP contribution in [0.5, 0.6) is 11.5 Å². The van der Waals surface area contributed by atoms with Crippen molar-refractivity contribution in [3.63, 3.8) is 0 Å². The Labute approximate surface area is 294 Å². The lowest BCUT2D eigenvalue weighted by atomic mass is 9.88. The molecule has 250 valence electrons. The third-order valence-corrected chi connectivity index (χ3v) is 9.90. The van der Waals surface area contributed by atoms with Gasteiger partial charge in [0.1, 0.15) is 24.0 Å². The monoisotopic (exact) mass is 657 g/mol. The third kappa shape index (κ3) is 5.45. The minimum absolute atomic E-state index is 0.00813. The van der Waals surface area contributed by atoms with Crippen molar-refractivity contribution in [3.05, 3.63) is 138 Å². The molecule has 3 aromatic heterocycles. The Bertz CT molecular complexity index is 2380. The van der Waals surface area contributed by atoms with E-state index < -0.39 is 0 Å². The molecule has 50 heavy (non-hydrogen) atoms. The van der Waals surface area contributed by atoms with Crippen LogP contribution in [-0.2, 0) is 5.41 Å². The number of pyridine rings is 2. The second-order valence-electron chi connectivity index (χ2n) is 14.8. The molecule has 1 aliphatic heterocycles. The Balaban J connectivity index is 1.15. The van der Waals surface area contributed by atoms with Crippen LogP contribution in [0.3, 0.4) is 0 Å². The number of hydrogen-bond donors (Lipinski definition) is 0. The van der Waals surface area contributed by atoms with Crippen LogP contribution in [0.25, 0.3) is 27.6 Å². The Morgan fingerprint density at radius 3 is 2.22 bits per heavy atom. The van der Waals surface area contributed by atoms with Crippen molar-refractivity contribution in [2.45, 2.75) is 59.8 Å². The Hall–Kier alpha value is -5.62. The van der Waals surface area contributed by atoms with Crippen LogP contribution in [0.2, 0.25) is 0 Å².